The first-order valence-corrected chi connectivity index (χ1v) is 6.69. The summed E-state index contributed by atoms with van der Waals surface area (Å²) in [6, 6.07) is 6.28. The molecule has 1 aromatic heterocycles. The fraction of sp³-hybridized carbons (Fsp3) is 0.357. The van der Waals surface area contributed by atoms with Gasteiger partial charge in [0.2, 0.25) is 6.36 Å². The summed E-state index contributed by atoms with van der Waals surface area (Å²) < 4.78 is 20.9. The van der Waals surface area contributed by atoms with E-state index in [9.17, 15) is 9.18 Å². The Morgan fingerprint density at radius 2 is 2.10 bits per heavy atom. The van der Waals surface area contributed by atoms with E-state index in [4.69, 9.17) is 16.3 Å². The zero-order valence-electron chi connectivity index (χ0n) is 11.7. The molecule has 1 unspecified atom stereocenters. The van der Waals surface area contributed by atoms with Crippen LogP contribution in [-0.2, 0) is 11.3 Å². The maximum Gasteiger partial charge on any atom is 0.250 e. The Morgan fingerprint density at radius 1 is 1.43 bits per heavy atom. The van der Waals surface area contributed by atoms with Gasteiger partial charge in [-0.15, -0.1) is 0 Å². The van der Waals surface area contributed by atoms with Gasteiger partial charge in [-0.25, -0.2) is 14.1 Å². The first-order chi connectivity index (χ1) is 9.89. The molecule has 0 fully saturated rings. The smallest absolute Gasteiger partial charge is 0.250 e. The molecular weight excluding hydrogens is 297 g/mol. The van der Waals surface area contributed by atoms with Crippen LogP contribution >= 0.6 is 11.6 Å². The molecule has 0 N–H and O–H groups in total. The molecular formula is C14H15ClFN3O2. The summed E-state index contributed by atoms with van der Waals surface area (Å²) in [6.07, 6.45) is 0.938. The average molecular weight is 312 g/mol. The normalized spacial score (nSPS) is 13.0. The molecule has 0 radical (unpaired) electrons. The lowest BCUT2D eigenvalue weighted by Gasteiger charge is -2.27. The van der Waals surface area contributed by atoms with Crippen molar-refractivity contribution in [3.8, 4) is 5.75 Å². The van der Waals surface area contributed by atoms with Crippen LogP contribution in [0, 0.1) is 5.41 Å². The lowest BCUT2D eigenvalue weighted by molar-refractivity contribution is -0.139. The molecule has 0 aliphatic heterocycles. The van der Waals surface area contributed by atoms with Crippen LogP contribution in [0.1, 0.15) is 13.8 Å². The standard InChI is InChI=1S/C14H15ClFN3O2/c1-14(2,12(20)7-19-9-17-8-18-19)13(16)21-11-5-3-10(15)4-6-11/h3-6,8-9,13H,7H2,1-2H3. The van der Waals surface area contributed by atoms with Crippen LogP contribution in [0.3, 0.4) is 0 Å². The Hall–Kier alpha value is -1.95. The molecule has 21 heavy (non-hydrogen) atoms. The van der Waals surface area contributed by atoms with Crippen LogP contribution in [0.4, 0.5) is 4.39 Å². The Balaban J connectivity index is 2.03. The summed E-state index contributed by atoms with van der Waals surface area (Å²) in [7, 11) is 0. The highest BCUT2D eigenvalue weighted by Gasteiger charge is 2.39. The van der Waals surface area contributed by atoms with Gasteiger partial charge in [-0.2, -0.15) is 5.10 Å². The summed E-state index contributed by atoms with van der Waals surface area (Å²) in [5.41, 5.74) is -1.31. The fourth-order valence-corrected chi connectivity index (χ4v) is 1.70. The number of rotatable bonds is 6. The fourth-order valence-electron chi connectivity index (χ4n) is 1.57. The van der Waals surface area contributed by atoms with E-state index >= 15 is 0 Å². The van der Waals surface area contributed by atoms with Crippen LogP contribution < -0.4 is 4.74 Å². The summed E-state index contributed by atoms with van der Waals surface area (Å²) in [5.74, 6) is -0.0250. The average Bonchev–Trinajstić information content (AvgIpc) is 2.94. The van der Waals surface area contributed by atoms with Crippen molar-refractivity contribution in [1.29, 1.82) is 0 Å². The minimum atomic E-state index is -1.78. The summed E-state index contributed by atoms with van der Waals surface area (Å²) in [6.45, 7) is 2.93. The number of alkyl halides is 1. The molecule has 0 spiro atoms. The largest absolute Gasteiger partial charge is 0.459 e. The lowest BCUT2D eigenvalue weighted by atomic mass is 9.88. The van der Waals surface area contributed by atoms with Crippen LogP contribution in [0.5, 0.6) is 5.75 Å². The van der Waals surface area contributed by atoms with Gasteiger partial charge < -0.3 is 4.74 Å². The predicted octanol–water partition coefficient (Wildman–Crippen LogP) is 2.90. The SMILES string of the molecule is CC(C)(C(=O)Cn1cncn1)C(F)Oc1ccc(Cl)cc1. The Morgan fingerprint density at radius 3 is 2.67 bits per heavy atom. The van der Waals surface area contributed by atoms with Crippen LogP contribution in [0.15, 0.2) is 36.9 Å². The molecule has 0 aliphatic rings. The van der Waals surface area contributed by atoms with Crippen molar-refractivity contribution in [1.82, 2.24) is 14.8 Å². The molecule has 5 nitrogen and oxygen atoms in total. The summed E-state index contributed by atoms with van der Waals surface area (Å²) in [4.78, 5) is 15.9. The van der Waals surface area contributed by atoms with Gasteiger partial charge in [0, 0.05) is 5.02 Å². The maximum atomic E-state index is 14.3. The number of benzene rings is 1. The number of ether oxygens (including phenoxy) is 1. The first-order valence-electron chi connectivity index (χ1n) is 6.31. The van der Waals surface area contributed by atoms with Crippen LogP contribution in [0.25, 0.3) is 0 Å². The molecule has 2 aromatic rings. The highest BCUT2D eigenvalue weighted by atomic mass is 35.5. The molecule has 1 atom stereocenters. The number of hydrogen-bond acceptors (Lipinski definition) is 4. The van der Waals surface area contributed by atoms with Crippen molar-refractivity contribution in [2.45, 2.75) is 26.7 Å². The van der Waals surface area contributed by atoms with Gasteiger partial charge in [-0.1, -0.05) is 11.6 Å². The van der Waals surface area contributed by atoms with E-state index in [-0.39, 0.29) is 12.3 Å². The van der Waals surface area contributed by atoms with E-state index in [1.807, 2.05) is 0 Å². The number of Topliss-reactive ketones (excluding diaryl/α,β-unsaturated/α-hetero) is 1. The van der Waals surface area contributed by atoms with E-state index in [1.165, 1.54) is 31.2 Å². The highest BCUT2D eigenvalue weighted by molar-refractivity contribution is 6.30. The minimum Gasteiger partial charge on any atom is -0.459 e. The summed E-state index contributed by atoms with van der Waals surface area (Å²) in [5, 5.41) is 4.36. The summed E-state index contributed by atoms with van der Waals surface area (Å²) >= 11 is 5.75. The number of aromatic nitrogens is 3. The van der Waals surface area contributed by atoms with Gasteiger partial charge in [0.05, 0.1) is 5.41 Å². The quantitative estimate of drug-likeness (QED) is 0.823. The molecule has 0 saturated heterocycles. The number of carbonyl (C=O) groups excluding carboxylic acids is 1. The monoisotopic (exact) mass is 311 g/mol. The van der Waals surface area contributed by atoms with Gasteiger partial charge in [0.25, 0.3) is 0 Å². The first kappa shape index (κ1) is 15.4. The second-order valence-electron chi connectivity index (χ2n) is 5.13. The topological polar surface area (TPSA) is 57.0 Å². The number of hydrogen-bond donors (Lipinski definition) is 0. The van der Waals surface area contributed by atoms with Gasteiger partial charge in [-0.05, 0) is 38.1 Å². The second kappa shape index (κ2) is 6.22. The zero-order valence-corrected chi connectivity index (χ0v) is 12.4. The lowest BCUT2D eigenvalue weighted by Crippen LogP contribution is -2.40. The zero-order chi connectivity index (χ0) is 15.5. The van der Waals surface area contributed by atoms with Crippen molar-refractivity contribution >= 4 is 17.4 Å². The van der Waals surface area contributed by atoms with Crippen molar-refractivity contribution in [3.63, 3.8) is 0 Å². The van der Waals surface area contributed by atoms with Crippen molar-refractivity contribution in [2.24, 2.45) is 5.41 Å². The molecule has 0 bridgehead atoms. The molecule has 2 rings (SSSR count). The van der Waals surface area contributed by atoms with E-state index in [1.54, 1.807) is 24.3 Å². The Bertz CT molecular complexity index is 599. The molecule has 0 aliphatic carbocycles. The number of ketones is 1. The van der Waals surface area contributed by atoms with Crippen LogP contribution in [0.2, 0.25) is 5.02 Å². The number of carbonyl (C=O) groups is 1. The Labute approximate surface area is 126 Å². The second-order valence-corrected chi connectivity index (χ2v) is 5.56. The molecule has 0 saturated carbocycles. The van der Waals surface area contributed by atoms with Crippen molar-refractivity contribution in [2.75, 3.05) is 0 Å². The molecule has 0 amide bonds. The highest BCUT2D eigenvalue weighted by Crippen LogP contribution is 2.28. The van der Waals surface area contributed by atoms with Gasteiger partial charge in [-0.3, -0.25) is 4.79 Å². The molecule has 7 heteroatoms. The van der Waals surface area contributed by atoms with Crippen molar-refractivity contribution in [3.05, 3.63) is 41.9 Å². The third kappa shape index (κ3) is 3.78. The van der Waals surface area contributed by atoms with E-state index < -0.39 is 11.8 Å². The van der Waals surface area contributed by atoms with E-state index in [2.05, 4.69) is 10.1 Å². The van der Waals surface area contributed by atoms with Gasteiger partial charge >= 0.3 is 0 Å². The van der Waals surface area contributed by atoms with Crippen LogP contribution in [-0.4, -0.2) is 26.9 Å². The van der Waals surface area contributed by atoms with E-state index in [0.717, 1.165) is 0 Å². The third-order valence-electron chi connectivity index (χ3n) is 3.11. The minimum absolute atomic E-state index is 0.0581. The maximum absolute atomic E-state index is 14.3. The molecule has 1 heterocycles. The van der Waals surface area contributed by atoms with Gasteiger partial charge in [0.15, 0.2) is 5.78 Å². The Kier molecular flexibility index (Phi) is 4.57. The third-order valence-corrected chi connectivity index (χ3v) is 3.36. The predicted molar refractivity (Wildman–Crippen MR) is 75.8 cm³/mol. The van der Waals surface area contributed by atoms with E-state index in [0.29, 0.717) is 10.8 Å². The molecule has 1 aromatic carbocycles. The number of halogens is 2. The molecule has 112 valence electrons. The number of nitrogens with zero attached hydrogens (tertiary/aromatic N) is 3. The van der Waals surface area contributed by atoms with Crippen molar-refractivity contribution < 1.29 is 13.9 Å². The van der Waals surface area contributed by atoms with Gasteiger partial charge in [0.1, 0.15) is 24.9 Å².